The molecule has 5 heteroatoms. The largest absolute Gasteiger partial charge is 0.347 e. The van der Waals surface area contributed by atoms with Crippen molar-refractivity contribution in [2.75, 3.05) is 0 Å². The van der Waals surface area contributed by atoms with Gasteiger partial charge in [0.2, 0.25) is 0 Å². The number of aromatic nitrogens is 2. The lowest BCUT2D eigenvalue weighted by molar-refractivity contribution is 0.0945. The summed E-state index contributed by atoms with van der Waals surface area (Å²) in [5.41, 5.74) is 2.69. The summed E-state index contributed by atoms with van der Waals surface area (Å²) < 4.78 is 1.95. The third kappa shape index (κ3) is 2.85. The highest BCUT2D eigenvalue weighted by atomic mass is 35.5. The maximum atomic E-state index is 12.1. The van der Waals surface area contributed by atoms with Crippen molar-refractivity contribution in [1.82, 2.24) is 15.1 Å². The van der Waals surface area contributed by atoms with Crippen molar-refractivity contribution in [2.45, 2.75) is 32.4 Å². The fourth-order valence-corrected chi connectivity index (χ4v) is 2.53. The minimum atomic E-state index is -0.123. The standard InChI is InChI=1S/C15H16ClN3O/c16-12-6-4-11(5-7-12)10-17-15(20)14-9-13-3-1-2-8-19(13)18-14/h4-7,9H,1-3,8,10H2,(H,17,20). The molecule has 104 valence electrons. The van der Waals surface area contributed by atoms with E-state index in [1.54, 1.807) is 0 Å². The molecule has 3 rings (SSSR count). The Labute approximate surface area is 122 Å². The van der Waals surface area contributed by atoms with E-state index in [0.717, 1.165) is 30.6 Å². The molecule has 2 heterocycles. The van der Waals surface area contributed by atoms with Crippen molar-refractivity contribution < 1.29 is 4.79 Å². The van der Waals surface area contributed by atoms with Crippen molar-refractivity contribution in [3.63, 3.8) is 0 Å². The summed E-state index contributed by atoms with van der Waals surface area (Å²) in [5.74, 6) is -0.123. The average Bonchev–Trinajstić information content (AvgIpc) is 2.90. The van der Waals surface area contributed by atoms with Gasteiger partial charge in [0.25, 0.3) is 5.91 Å². The van der Waals surface area contributed by atoms with Gasteiger partial charge in [-0.15, -0.1) is 0 Å². The van der Waals surface area contributed by atoms with Crippen molar-refractivity contribution >= 4 is 17.5 Å². The molecule has 1 amide bonds. The van der Waals surface area contributed by atoms with Crippen molar-refractivity contribution in [3.05, 3.63) is 52.3 Å². The topological polar surface area (TPSA) is 46.9 Å². The number of rotatable bonds is 3. The van der Waals surface area contributed by atoms with E-state index in [1.165, 1.54) is 6.42 Å². The van der Waals surface area contributed by atoms with Gasteiger partial charge in [0.1, 0.15) is 5.69 Å². The highest BCUT2D eigenvalue weighted by Gasteiger charge is 2.16. The Morgan fingerprint density at radius 3 is 2.85 bits per heavy atom. The third-order valence-corrected chi connectivity index (χ3v) is 3.77. The van der Waals surface area contributed by atoms with Crippen LogP contribution in [0.4, 0.5) is 0 Å². The summed E-state index contributed by atoms with van der Waals surface area (Å²) in [6.45, 7) is 1.40. The number of hydrogen-bond acceptors (Lipinski definition) is 2. The molecule has 1 aromatic heterocycles. The van der Waals surface area contributed by atoms with E-state index < -0.39 is 0 Å². The Morgan fingerprint density at radius 2 is 2.10 bits per heavy atom. The molecule has 20 heavy (non-hydrogen) atoms. The van der Waals surface area contributed by atoms with Gasteiger partial charge < -0.3 is 5.32 Å². The SMILES string of the molecule is O=C(NCc1ccc(Cl)cc1)c1cc2n(n1)CCCC2. The normalized spacial score (nSPS) is 13.8. The Morgan fingerprint density at radius 1 is 1.30 bits per heavy atom. The van der Waals surface area contributed by atoms with E-state index >= 15 is 0 Å². The molecule has 0 radical (unpaired) electrons. The molecule has 0 unspecified atom stereocenters. The van der Waals surface area contributed by atoms with E-state index in [1.807, 2.05) is 35.0 Å². The lowest BCUT2D eigenvalue weighted by Crippen LogP contribution is -2.23. The van der Waals surface area contributed by atoms with Crippen LogP contribution in [0.15, 0.2) is 30.3 Å². The van der Waals surface area contributed by atoms with Crippen LogP contribution in [0, 0.1) is 0 Å². The first-order chi connectivity index (χ1) is 9.72. The van der Waals surface area contributed by atoms with Crippen LogP contribution in [0.2, 0.25) is 5.02 Å². The highest BCUT2D eigenvalue weighted by molar-refractivity contribution is 6.30. The number of fused-ring (bicyclic) bond motifs is 1. The fraction of sp³-hybridized carbons (Fsp3) is 0.333. The van der Waals surface area contributed by atoms with Crippen LogP contribution in [0.25, 0.3) is 0 Å². The number of nitrogens with one attached hydrogen (secondary N) is 1. The zero-order chi connectivity index (χ0) is 13.9. The number of nitrogens with zero attached hydrogens (tertiary/aromatic N) is 2. The van der Waals surface area contributed by atoms with Crippen molar-refractivity contribution in [2.24, 2.45) is 0 Å². The number of benzene rings is 1. The molecule has 0 aliphatic carbocycles. The molecule has 0 atom stereocenters. The van der Waals surface area contributed by atoms with Gasteiger partial charge in [0.05, 0.1) is 0 Å². The summed E-state index contributed by atoms with van der Waals surface area (Å²) >= 11 is 5.83. The molecule has 0 bridgehead atoms. The Hall–Kier alpha value is -1.81. The maximum absolute atomic E-state index is 12.1. The summed E-state index contributed by atoms with van der Waals surface area (Å²) in [4.78, 5) is 12.1. The quantitative estimate of drug-likeness (QED) is 0.944. The molecule has 4 nitrogen and oxygen atoms in total. The van der Waals surface area contributed by atoms with Gasteiger partial charge in [-0.05, 0) is 43.0 Å². The van der Waals surface area contributed by atoms with Crippen LogP contribution in [0.1, 0.15) is 34.6 Å². The van der Waals surface area contributed by atoms with E-state index in [0.29, 0.717) is 17.3 Å². The predicted octanol–water partition coefficient (Wildman–Crippen LogP) is 2.80. The lowest BCUT2D eigenvalue weighted by Gasteiger charge is -2.11. The molecule has 1 aliphatic rings. The van der Waals surface area contributed by atoms with E-state index in [9.17, 15) is 4.79 Å². The summed E-state index contributed by atoms with van der Waals surface area (Å²) in [7, 11) is 0. The van der Waals surface area contributed by atoms with Gasteiger partial charge in [-0.3, -0.25) is 9.48 Å². The second kappa shape index (κ2) is 5.67. The molecule has 1 N–H and O–H groups in total. The first kappa shape index (κ1) is 13.2. The molecule has 0 saturated carbocycles. The molecule has 0 spiro atoms. The second-order valence-electron chi connectivity index (χ2n) is 5.01. The molecule has 1 aliphatic heterocycles. The van der Waals surface area contributed by atoms with E-state index in [-0.39, 0.29) is 5.91 Å². The first-order valence-electron chi connectivity index (χ1n) is 6.82. The maximum Gasteiger partial charge on any atom is 0.272 e. The van der Waals surface area contributed by atoms with Crippen LogP contribution in [-0.2, 0) is 19.5 Å². The fourth-order valence-electron chi connectivity index (χ4n) is 2.40. The molecule has 0 saturated heterocycles. The molecule has 0 fully saturated rings. The van der Waals surface area contributed by atoms with E-state index in [2.05, 4.69) is 10.4 Å². The van der Waals surface area contributed by atoms with Gasteiger partial charge >= 0.3 is 0 Å². The number of carbonyl (C=O) groups excluding carboxylic acids is 1. The number of amides is 1. The third-order valence-electron chi connectivity index (χ3n) is 3.52. The predicted molar refractivity (Wildman–Crippen MR) is 77.8 cm³/mol. The van der Waals surface area contributed by atoms with Gasteiger partial charge in [0, 0.05) is 23.8 Å². The van der Waals surface area contributed by atoms with Crippen molar-refractivity contribution in [3.8, 4) is 0 Å². The minimum Gasteiger partial charge on any atom is -0.347 e. The van der Waals surface area contributed by atoms with Gasteiger partial charge in [-0.25, -0.2) is 0 Å². The Kier molecular flexibility index (Phi) is 3.74. The summed E-state index contributed by atoms with van der Waals surface area (Å²) in [6, 6.07) is 9.34. The first-order valence-corrected chi connectivity index (χ1v) is 7.19. The molecular formula is C15H16ClN3O. The van der Waals surface area contributed by atoms with Crippen LogP contribution in [-0.4, -0.2) is 15.7 Å². The Bertz CT molecular complexity index is 595. The van der Waals surface area contributed by atoms with Gasteiger partial charge in [-0.1, -0.05) is 23.7 Å². The van der Waals surface area contributed by atoms with Crippen LogP contribution < -0.4 is 5.32 Å². The van der Waals surface area contributed by atoms with Gasteiger partial charge in [0.15, 0.2) is 0 Å². The summed E-state index contributed by atoms with van der Waals surface area (Å²) in [6.07, 6.45) is 3.33. The van der Waals surface area contributed by atoms with Crippen LogP contribution in [0.5, 0.6) is 0 Å². The van der Waals surface area contributed by atoms with Crippen LogP contribution in [0.3, 0.4) is 0 Å². The zero-order valence-electron chi connectivity index (χ0n) is 11.1. The van der Waals surface area contributed by atoms with Crippen molar-refractivity contribution in [1.29, 1.82) is 0 Å². The number of aryl methyl sites for hydroxylation is 2. The zero-order valence-corrected chi connectivity index (χ0v) is 11.9. The number of hydrogen-bond donors (Lipinski definition) is 1. The minimum absolute atomic E-state index is 0.123. The molecular weight excluding hydrogens is 274 g/mol. The number of halogens is 1. The Balaban J connectivity index is 1.64. The highest BCUT2D eigenvalue weighted by Crippen LogP contribution is 2.15. The van der Waals surface area contributed by atoms with E-state index in [4.69, 9.17) is 11.6 Å². The lowest BCUT2D eigenvalue weighted by atomic mass is 10.1. The van der Waals surface area contributed by atoms with Gasteiger partial charge in [-0.2, -0.15) is 5.10 Å². The molecule has 1 aromatic carbocycles. The number of carbonyl (C=O) groups is 1. The smallest absolute Gasteiger partial charge is 0.272 e. The average molecular weight is 290 g/mol. The monoisotopic (exact) mass is 289 g/mol. The summed E-state index contributed by atoms with van der Waals surface area (Å²) in [5, 5.41) is 7.94. The second-order valence-corrected chi connectivity index (χ2v) is 5.45. The van der Waals surface area contributed by atoms with Crippen LogP contribution >= 0.6 is 11.6 Å². The molecule has 2 aromatic rings.